The van der Waals surface area contributed by atoms with Gasteiger partial charge in [-0.15, -0.1) is 0 Å². The van der Waals surface area contributed by atoms with Crippen LogP contribution in [0.25, 0.3) is 0 Å². The van der Waals surface area contributed by atoms with Gasteiger partial charge in [-0.2, -0.15) is 0 Å². The molecule has 0 unspecified atom stereocenters. The first-order valence-corrected chi connectivity index (χ1v) is 3.14. The topological polar surface area (TPSA) is 20.2 Å². The van der Waals surface area contributed by atoms with E-state index in [4.69, 9.17) is 5.11 Å². The van der Waals surface area contributed by atoms with E-state index in [0.29, 0.717) is 10.0 Å². The Hall–Kier alpha value is 0.690. The van der Waals surface area contributed by atoms with E-state index >= 15 is 0 Å². The fraction of sp³-hybridized carbons (Fsp3) is 1.00. The van der Waals surface area contributed by atoms with Gasteiger partial charge < -0.3 is 5.11 Å². The van der Waals surface area contributed by atoms with Crippen molar-refractivity contribution in [3.8, 4) is 0 Å². The second kappa shape index (κ2) is 1.33. The molecule has 0 bridgehead atoms. The minimum atomic E-state index is 0.317. The molecule has 0 spiro atoms. The van der Waals surface area contributed by atoms with Crippen LogP contribution in [0.2, 0.25) is 0 Å². The van der Waals surface area contributed by atoms with Gasteiger partial charge in [-0.05, 0) is 12.8 Å². The van der Waals surface area contributed by atoms with Crippen molar-refractivity contribution < 1.29 is 5.11 Å². The summed E-state index contributed by atoms with van der Waals surface area (Å²) in [6.07, 6.45) is 2.42. The van der Waals surface area contributed by atoms with Gasteiger partial charge in [-0.1, -0.05) is 22.6 Å². The molecule has 1 nitrogen and oxygen atoms in total. The van der Waals surface area contributed by atoms with Gasteiger partial charge in [0.1, 0.15) is 0 Å². The lowest BCUT2D eigenvalue weighted by Gasteiger charge is -1.93. The molecule has 0 saturated heterocycles. The van der Waals surface area contributed by atoms with E-state index in [1.165, 1.54) is 12.8 Å². The zero-order valence-corrected chi connectivity index (χ0v) is 5.60. The molecule has 2 heteroatoms. The molecule has 36 valence electrons. The van der Waals surface area contributed by atoms with Crippen LogP contribution in [0.15, 0.2) is 0 Å². The number of aliphatic hydroxyl groups is 1. The smallest absolute Gasteiger partial charge is 0.0577 e. The summed E-state index contributed by atoms with van der Waals surface area (Å²) in [5.41, 5.74) is 0. The number of hydrogen-bond donors (Lipinski definition) is 1. The van der Waals surface area contributed by atoms with Crippen molar-refractivity contribution in [3.63, 3.8) is 0 Å². The lowest BCUT2D eigenvalue weighted by molar-refractivity contribution is 0.294. The van der Waals surface area contributed by atoms with Crippen LogP contribution in [0, 0.1) is 0 Å². The average Bonchev–Trinajstić information content (AvgIpc) is 2.22. The van der Waals surface area contributed by atoms with E-state index in [1.54, 1.807) is 0 Å². The van der Waals surface area contributed by atoms with Crippen molar-refractivity contribution >= 4 is 22.6 Å². The molecule has 0 atom stereocenters. The van der Waals surface area contributed by atoms with E-state index < -0.39 is 0 Å². The van der Waals surface area contributed by atoms with E-state index in [1.807, 2.05) is 0 Å². The molecular weight excluding hydrogens is 191 g/mol. The van der Waals surface area contributed by atoms with Gasteiger partial charge in [0.05, 0.1) is 6.61 Å². The highest BCUT2D eigenvalue weighted by atomic mass is 127. The summed E-state index contributed by atoms with van der Waals surface area (Å²) in [6.45, 7) is 0.369. The second-order valence-corrected chi connectivity index (χ2v) is 4.10. The zero-order chi connectivity index (χ0) is 4.62. The first kappa shape index (κ1) is 4.84. The highest BCUT2D eigenvalue weighted by molar-refractivity contribution is 14.1. The largest absolute Gasteiger partial charge is 0.395 e. The predicted octanol–water partition coefficient (Wildman–Crippen LogP) is 0.946. The van der Waals surface area contributed by atoms with Crippen molar-refractivity contribution in [2.24, 2.45) is 0 Å². The molecule has 1 N–H and O–H groups in total. The molecule has 0 radical (unpaired) electrons. The third-order valence-corrected chi connectivity index (χ3v) is 2.50. The number of aliphatic hydroxyl groups excluding tert-OH is 1. The maximum absolute atomic E-state index is 8.46. The summed E-state index contributed by atoms with van der Waals surface area (Å²) in [5, 5.41) is 8.46. The van der Waals surface area contributed by atoms with Crippen molar-refractivity contribution in [1.29, 1.82) is 0 Å². The van der Waals surface area contributed by atoms with Crippen LogP contribution >= 0.6 is 22.6 Å². The Morgan fingerprint density at radius 3 is 2.17 bits per heavy atom. The molecule has 1 fully saturated rings. The Labute approximate surface area is 50.9 Å². The molecule has 0 amide bonds. The Bertz CT molecular complexity index is 58.6. The van der Waals surface area contributed by atoms with Gasteiger partial charge in [0, 0.05) is 3.42 Å². The molecule has 6 heavy (non-hydrogen) atoms. The first-order valence-electron chi connectivity index (χ1n) is 2.07. The van der Waals surface area contributed by atoms with E-state index in [9.17, 15) is 0 Å². The van der Waals surface area contributed by atoms with Gasteiger partial charge in [0.25, 0.3) is 0 Å². The highest BCUT2D eigenvalue weighted by Gasteiger charge is 2.38. The Kier molecular flexibility index (Phi) is 1.08. The normalized spacial score (nSPS) is 27.0. The fourth-order valence-electron chi connectivity index (χ4n) is 0.294. The molecular formula is C4H7IO. The van der Waals surface area contributed by atoms with E-state index in [2.05, 4.69) is 22.6 Å². The van der Waals surface area contributed by atoms with Crippen molar-refractivity contribution in [2.75, 3.05) is 6.61 Å². The lowest BCUT2D eigenvalue weighted by atomic mass is 10.5. The number of hydrogen-bond acceptors (Lipinski definition) is 1. The molecule has 0 aromatic heterocycles. The third kappa shape index (κ3) is 0.846. The molecule has 0 aliphatic heterocycles. The fourth-order valence-corrected chi connectivity index (χ4v) is 0.563. The maximum Gasteiger partial charge on any atom is 0.0577 e. The van der Waals surface area contributed by atoms with Crippen LogP contribution in [0.4, 0.5) is 0 Å². The van der Waals surface area contributed by atoms with Crippen molar-refractivity contribution in [3.05, 3.63) is 0 Å². The molecule has 0 aromatic rings. The number of halogens is 1. The molecule has 1 aliphatic rings. The quantitative estimate of drug-likeness (QED) is 0.491. The van der Waals surface area contributed by atoms with Crippen LogP contribution < -0.4 is 0 Å². The summed E-state index contributed by atoms with van der Waals surface area (Å²) in [5.74, 6) is 0. The Morgan fingerprint density at radius 1 is 1.67 bits per heavy atom. The summed E-state index contributed by atoms with van der Waals surface area (Å²) in [7, 11) is 0. The standard InChI is InChI=1S/C4H7IO/c5-4(3-6)1-2-4/h6H,1-3H2. The van der Waals surface area contributed by atoms with Gasteiger partial charge in [-0.3, -0.25) is 0 Å². The zero-order valence-electron chi connectivity index (χ0n) is 3.45. The van der Waals surface area contributed by atoms with Crippen LogP contribution in [0.3, 0.4) is 0 Å². The maximum atomic E-state index is 8.46. The van der Waals surface area contributed by atoms with Crippen LogP contribution in [0.5, 0.6) is 0 Å². The van der Waals surface area contributed by atoms with Crippen LogP contribution in [-0.4, -0.2) is 15.1 Å². The summed E-state index contributed by atoms with van der Waals surface area (Å²) in [4.78, 5) is 0. The van der Waals surface area contributed by atoms with Crippen molar-refractivity contribution in [1.82, 2.24) is 0 Å². The van der Waals surface area contributed by atoms with Gasteiger partial charge in [0.2, 0.25) is 0 Å². The molecule has 1 aliphatic carbocycles. The van der Waals surface area contributed by atoms with Crippen molar-refractivity contribution in [2.45, 2.75) is 16.3 Å². The monoisotopic (exact) mass is 198 g/mol. The minimum absolute atomic E-state index is 0.317. The Morgan fingerprint density at radius 2 is 2.17 bits per heavy atom. The van der Waals surface area contributed by atoms with Gasteiger partial charge >= 0.3 is 0 Å². The second-order valence-electron chi connectivity index (χ2n) is 1.81. The minimum Gasteiger partial charge on any atom is -0.395 e. The molecule has 1 saturated carbocycles. The Balaban J connectivity index is 2.28. The van der Waals surface area contributed by atoms with Gasteiger partial charge in [0.15, 0.2) is 0 Å². The summed E-state index contributed by atoms with van der Waals surface area (Å²) < 4.78 is 0.317. The third-order valence-electron chi connectivity index (χ3n) is 1.08. The van der Waals surface area contributed by atoms with E-state index in [0.717, 1.165) is 0 Å². The average molecular weight is 198 g/mol. The van der Waals surface area contributed by atoms with Crippen LogP contribution in [0.1, 0.15) is 12.8 Å². The summed E-state index contributed by atoms with van der Waals surface area (Å²) >= 11 is 2.30. The SMILES string of the molecule is OCC1(I)CC1. The van der Waals surface area contributed by atoms with Gasteiger partial charge in [-0.25, -0.2) is 0 Å². The first-order chi connectivity index (χ1) is 2.77. The highest BCUT2D eigenvalue weighted by Crippen LogP contribution is 2.43. The molecule has 0 aromatic carbocycles. The number of alkyl halides is 1. The molecule has 1 rings (SSSR count). The summed E-state index contributed by atoms with van der Waals surface area (Å²) in [6, 6.07) is 0. The lowest BCUT2D eigenvalue weighted by Crippen LogP contribution is -2.00. The predicted molar refractivity (Wildman–Crippen MR) is 33.1 cm³/mol. The molecule has 0 heterocycles. The van der Waals surface area contributed by atoms with E-state index in [-0.39, 0.29) is 0 Å². The number of rotatable bonds is 1. The van der Waals surface area contributed by atoms with Crippen LogP contribution in [-0.2, 0) is 0 Å².